The van der Waals surface area contributed by atoms with E-state index in [0.717, 1.165) is 50.5 Å². The predicted molar refractivity (Wildman–Crippen MR) is 63.1 cm³/mol. The van der Waals surface area contributed by atoms with E-state index in [1.54, 1.807) is 0 Å². The van der Waals surface area contributed by atoms with Crippen molar-refractivity contribution in [2.75, 3.05) is 0 Å². The molecule has 0 aromatic carbocycles. The first kappa shape index (κ1) is 11.6. The molecule has 0 aliphatic heterocycles. The maximum absolute atomic E-state index is 12.0. The van der Waals surface area contributed by atoms with E-state index < -0.39 is 0 Å². The summed E-state index contributed by atoms with van der Waals surface area (Å²) in [6.45, 7) is 0. The lowest BCUT2D eigenvalue weighted by Crippen LogP contribution is -2.14. The summed E-state index contributed by atoms with van der Waals surface area (Å²) in [6.07, 6.45) is 10.4. The van der Waals surface area contributed by atoms with Gasteiger partial charge in [0.2, 0.25) is 0 Å². The summed E-state index contributed by atoms with van der Waals surface area (Å²) in [5.74, 6) is 0.887. The molecule has 88 valence electrons. The van der Waals surface area contributed by atoms with Gasteiger partial charge in [-0.15, -0.1) is 0 Å². The van der Waals surface area contributed by atoms with E-state index in [1.165, 1.54) is 0 Å². The van der Waals surface area contributed by atoms with Gasteiger partial charge in [-0.25, -0.2) is 0 Å². The Hall–Kier alpha value is -0.920. The van der Waals surface area contributed by atoms with Gasteiger partial charge in [0.05, 0.1) is 0 Å². The van der Waals surface area contributed by atoms with Crippen molar-refractivity contribution >= 4 is 11.6 Å². The van der Waals surface area contributed by atoms with Crippen LogP contribution in [-0.4, -0.2) is 11.6 Å². The Morgan fingerprint density at radius 1 is 1.00 bits per heavy atom. The van der Waals surface area contributed by atoms with Crippen molar-refractivity contribution in [3.63, 3.8) is 0 Å². The van der Waals surface area contributed by atoms with Crippen molar-refractivity contribution in [3.05, 3.63) is 11.6 Å². The summed E-state index contributed by atoms with van der Waals surface area (Å²) in [5.41, 5.74) is 0.979. The molecule has 0 saturated heterocycles. The highest BCUT2D eigenvalue weighted by Gasteiger charge is 2.25. The summed E-state index contributed by atoms with van der Waals surface area (Å²) < 4.78 is 0. The number of carbonyl (C=O) groups excluding carboxylic acids is 2. The fourth-order valence-corrected chi connectivity index (χ4v) is 2.80. The molecule has 1 unspecified atom stereocenters. The van der Waals surface area contributed by atoms with Gasteiger partial charge in [-0.05, 0) is 43.6 Å². The monoisotopic (exact) mass is 220 g/mol. The summed E-state index contributed by atoms with van der Waals surface area (Å²) in [4.78, 5) is 23.5. The molecule has 0 spiro atoms. The van der Waals surface area contributed by atoms with Crippen LogP contribution < -0.4 is 0 Å². The average Bonchev–Trinajstić information content (AvgIpc) is 2.58. The van der Waals surface area contributed by atoms with Crippen molar-refractivity contribution in [2.45, 2.75) is 57.8 Å². The van der Waals surface area contributed by atoms with Gasteiger partial charge < -0.3 is 0 Å². The number of rotatable bonds is 1. The average molecular weight is 220 g/mol. The summed E-state index contributed by atoms with van der Waals surface area (Å²) in [7, 11) is 0. The molecule has 0 amide bonds. The lowest BCUT2D eigenvalue weighted by atomic mass is 9.87. The molecule has 16 heavy (non-hydrogen) atoms. The van der Waals surface area contributed by atoms with Gasteiger partial charge in [-0.1, -0.05) is 12.5 Å². The predicted octanol–water partition coefficient (Wildman–Crippen LogP) is 3.21. The SMILES string of the molecule is O=C1CCCCC(C2=CCCCCC2=O)C1. The quantitative estimate of drug-likeness (QED) is 0.636. The minimum atomic E-state index is 0.237. The van der Waals surface area contributed by atoms with Crippen LogP contribution in [0.1, 0.15) is 57.8 Å². The molecule has 2 aliphatic carbocycles. The van der Waals surface area contributed by atoms with Gasteiger partial charge >= 0.3 is 0 Å². The Morgan fingerprint density at radius 2 is 1.81 bits per heavy atom. The van der Waals surface area contributed by atoms with E-state index in [4.69, 9.17) is 0 Å². The summed E-state index contributed by atoms with van der Waals surface area (Å²) in [5, 5.41) is 0. The van der Waals surface area contributed by atoms with E-state index in [2.05, 4.69) is 6.08 Å². The molecule has 0 N–H and O–H groups in total. The highest BCUT2D eigenvalue weighted by Crippen LogP contribution is 2.30. The van der Waals surface area contributed by atoms with Crippen molar-refractivity contribution in [1.82, 2.24) is 0 Å². The molecule has 0 bridgehead atoms. The van der Waals surface area contributed by atoms with Crippen LogP contribution in [0.2, 0.25) is 0 Å². The van der Waals surface area contributed by atoms with Gasteiger partial charge in [-0.2, -0.15) is 0 Å². The first-order valence-electron chi connectivity index (χ1n) is 6.52. The first-order valence-corrected chi connectivity index (χ1v) is 6.52. The van der Waals surface area contributed by atoms with Gasteiger partial charge in [0.1, 0.15) is 5.78 Å². The Morgan fingerprint density at radius 3 is 2.69 bits per heavy atom. The van der Waals surface area contributed by atoms with Crippen LogP contribution in [0.3, 0.4) is 0 Å². The largest absolute Gasteiger partial charge is 0.300 e. The van der Waals surface area contributed by atoms with Crippen LogP contribution in [0.5, 0.6) is 0 Å². The molecule has 1 atom stereocenters. The number of hydrogen-bond acceptors (Lipinski definition) is 2. The third-order valence-corrected chi connectivity index (χ3v) is 3.72. The zero-order valence-electron chi connectivity index (χ0n) is 9.84. The summed E-state index contributed by atoms with van der Waals surface area (Å²) >= 11 is 0. The molecule has 2 heteroatoms. The number of Topliss-reactive ketones (excluding diaryl/α,β-unsaturated/α-hetero) is 2. The van der Waals surface area contributed by atoms with Crippen molar-refractivity contribution in [2.24, 2.45) is 5.92 Å². The number of carbonyl (C=O) groups is 2. The molecule has 0 aromatic rings. The van der Waals surface area contributed by atoms with E-state index in [1.807, 2.05) is 0 Å². The molecular weight excluding hydrogens is 200 g/mol. The van der Waals surface area contributed by atoms with Gasteiger partial charge in [0.25, 0.3) is 0 Å². The Balaban J connectivity index is 2.11. The number of ketones is 2. The lowest BCUT2D eigenvalue weighted by Gasteiger charge is -2.15. The number of allylic oxidation sites excluding steroid dienone is 2. The first-order chi connectivity index (χ1) is 7.77. The van der Waals surface area contributed by atoms with Gasteiger partial charge in [-0.3, -0.25) is 9.59 Å². The molecule has 0 aromatic heterocycles. The van der Waals surface area contributed by atoms with Crippen LogP contribution in [0.25, 0.3) is 0 Å². The van der Waals surface area contributed by atoms with Gasteiger partial charge in [0, 0.05) is 19.3 Å². The topological polar surface area (TPSA) is 34.1 Å². The van der Waals surface area contributed by atoms with Crippen molar-refractivity contribution in [1.29, 1.82) is 0 Å². The minimum absolute atomic E-state index is 0.237. The fraction of sp³-hybridized carbons (Fsp3) is 0.714. The Bertz CT molecular complexity index is 315. The zero-order valence-corrected chi connectivity index (χ0v) is 9.84. The maximum atomic E-state index is 12.0. The molecule has 0 heterocycles. The lowest BCUT2D eigenvalue weighted by molar-refractivity contribution is -0.119. The third-order valence-electron chi connectivity index (χ3n) is 3.72. The molecule has 1 fully saturated rings. The van der Waals surface area contributed by atoms with Crippen molar-refractivity contribution < 1.29 is 9.59 Å². The minimum Gasteiger partial charge on any atom is -0.300 e. The highest BCUT2D eigenvalue weighted by atomic mass is 16.1. The molecular formula is C14H20O2. The van der Waals surface area contributed by atoms with Crippen molar-refractivity contribution in [3.8, 4) is 0 Å². The molecule has 2 nitrogen and oxygen atoms in total. The van der Waals surface area contributed by atoms with Crippen LogP contribution in [0, 0.1) is 5.92 Å². The standard InChI is InChI=1S/C14H20O2/c15-12-7-5-4-6-11(10-12)13-8-2-1-3-9-14(13)16/h8,11H,1-7,9-10H2. The van der Waals surface area contributed by atoms with E-state index >= 15 is 0 Å². The van der Waals surface area contributed by atoms with E-state index in [-0.39, 0.29) is 5.92 Å². The second kappa shape index (κ2) is 5.42. The highest BCUT2D eigenvalue weighted by molar-refractivity contribution is 5.96. The van der Waals surface area contributed by atoms with Crippen LogP contribution in [0.4, 0.5) is 0 Å². The van der Waals surface area contributed by atoms with E-state index in [9.17, 15) is 9.59 Å². The van der Waals surface area contributed by atoms with Crippen LogP contribution in [-0.2, 0) is 9.59 Å². The smallest absolute Gasteiger partial charge is 0.158 e. The maximum Gasteiger partial charge on any atom is 0.158 e. The van der Waals surface area contributed by atoms with Gasteiger partial charge in [0.15, 0.2) is 5.78 Å². The van der Waals surface area contributed by atoms with Crippen LogP contribution >= 0.6 is 0 Å². The molecule has 1 saturated carbocycles. The Labute approximate surface area is 97.1 Å². The second-order valence-corrected chi connectivity index (χ2v) is 5.01. The molecule has 2 rings (SSSR count). The normalized spacial score (nSPS) is 28.2. The Kier molecular flexibility index (Phi) is 3.92. The van der Waals surface area contributed by atoms with E-state index in [0.29, 0.717) is 24.4 Å². The van der Waals surface area contributed by atoms with Crippen LogP contribution in [0.15, 0.2) is 11.6 Å². The number of hydrogen-bond donors (Lipinski definition) is 0. The summed E-state index contributed by atoms with van der Waals surface area (Å²) in [6, 6.07) is 0. The molecule has 0 radical (unpaired) electrons. The zero-order chi connectivity index (χ0) is 11.4. The molecule has 2 aliphatic rings. The fourth-order valence-electron chi connectivity index (χ4n) is 2.80. The second-order valence-electron chi connectivity index (χ2n) is 5.01. The third kappa shape index (κ3) is 2.81.